The summed E-state index contributed by atoms with van der Waals surface area (Å²) in [5.74, 6) is -0.922. The highest BCUT2D eigenvalue weighted by Gasteiger charge is 2.12. The molecule has 0 spiro atoms. The minimum Gasteiger partial charge on any atom is -0.478 e. The highest BCUT2D eigenvalue weighted by atomic mass is 127. The largest absolute Gasteiger partial charge is 0.478 e. The van der Waals surface area contributed by atoms with Crippen LogP contribution in [0.15, 0.2) is 6.20 Å². The van der Waals surface area contributed by atoms with Crippen LogP contribution in [0.3, 0.4) is 0 Å². The molecule has 0 aliphatic rings. The van der Waals surface area contributed by atoms with Crippen LogP contribution in [0.2, 0.25) is 0 Å². The molecule has 5 heteroatoms. The molecule has 4 nitrogen and oxygen atoms in total. The Morgan fingerprint density at radius 2 is 2.55 bits per heavy atom. The Labute approximate surface area is 77.4 Å². The summed E-state index contributed by atoms with van der Waals surface area (Å²) in [4.78, 5) is 10.5. The van der Waals surface area contributed by atoms with Crippen molar-refractivity contribution in [1.29, 1.82) is 0 Å². The molecule has 60 valence electrons. The van der Waals surface area contributed by atoms with Gasteiger partial charge in [0.05, 0.1) is 6.20 Å². The van der Waals surface area contributed by atoms with Crippen LogP contribution in [0.1, 0.15) is 17.3 Å². The Morgan fingerprint density at radius 3 is 2.82 bits per heavy atom. The average Bonchev–Trinajstić information content (AvgIpc) is 2.30. The second-order valence-corrected chi connectivity index (χ2v) is 2.99. The van der Waals surface area contributed by atoms with E-state index in [4.69, 9.17) is 5.11 Å². The fourth-order valence-electron chi connectivity index (χ4n) is 0.734. The summed E-state index contributed by atoms with van der Waals surface area (Å²) in [6.45, 7) is 2.62. The maximum absolute atomic E-state index is 10.5. The van der Waals surface area contributed by atoms with Crippen LogP contribution in [0.5, 0.6) is 0 Å². The standard InChI is InChI=1S/C6H7IN2O2/c1-2-9-5(7)4(3-8-9)6(10)11/h3H,2H2,1H3,(H,10,11). The molecule has 0 radical (unpaired) electrons. The summed E-state index contributed by atoms with van der Waals surface area (Å²) in [5, 5.41) is 12.5. The molecular formula is C6H7IN2O2. The van der Waals surface area contributed by atoms with Crippen LogP contribution in [0.4, 0.5) is 0 Å². The van der Waals surface area contributed by atoms with Gasteiger partial charge in [-0.25, -0.2) is 4.79 Å². The van der Waals surface area contributed by atoms with Gasteiger partial charge in [-0.3, -0.25) is 4.68 Å². The molecule has 0 amide bonds. The summed E-state index contributed by atoms with van der Waals surface area (Å²) >= 11 is 1.97. The van der Waals surface area contributed by atoms with Gasteiger partial charge in [0.2, 0.25) is 0 Å². The SMILES string of the molecule is CCn1ncc(C(=O)O)c1I. The van der Waals surface area contributed by atoms with Crippen LogP contribution in [0.25, 0.3) is 0 Å². The Balaban J connectivity index is 3.10. The number of aromatic carboxylic acids is 1. The first-order chi connectivity index (χ1) is 5.16. The third kappa shape index (κ3) is 1.52. The summed E-state index contributed by atoms with van der Waals surface area (Å²) in [7, 11) is 0. The summed E-state index contributed by atoms with van der Waals surface area (Å²) in [6.07, 6.45) is 1.37. The van der Waals surface area contributed by atoms with Crippen molar-refractivity contribution >= 4 is 28.6 Å². The number of aromatic nitrogens is 2. The quantitative estimate of drug-likeness (QED) is 0.818. The molecule has 0 aliphatic carbocycles. The first-order valence-corrected chi connectivity index (χ1v) is 4.19. The van der Waals surface area contributed by atoms with Crippen molar-refractivity contribution in [2.45, 2.75) is 13.5 Å². The van der Waals surface area contributed by atoms with E-state index < -0.39 is 5.97 Å². The van der Waals surface area contributed by atoms with Crippen LogP contribution in [-0.2, 0) is 6.54 Å². The number of rotatable bonds is 2. The van der Waals surface area contributed by atoms with Gasteiger partial charge in [0, 0.05) is 6.54 Å². The maximum atomic E-state index is 10.5. The van der Waals surface area contributed by atoms with Crippen molar-refractivity contribution in [3.63, 3.8) is 0 Å². The Bertz CT molecular complexity index is 282. The Hall–Kier alpha value is -0.590. The van der Waals surface area contributed by atoms with Crippen molar-refractivity contribution in [2.24, 2.45) is 0 Å². The second kappa shape index (κ2) is 3.21. The first kappa shape index (κ1) is 8.51. The second-order valence-electron chi connectivity index (χ2n) is 1.97. The third-order valence-corrected chi connectivity index (χ3v) is 2.44. The predicted molar refractivity (Wildman–Crippen MR) is 47.6 cm³/mol. The highest BCUT2D eigenvalue weighted by molar-refractivity contribution is 14.1. The van der Waals surface area contributed by atoms with Crippen molar-refractivity contribution < 1.29 is 9.90 Å². The molecular weight excluding hydrogens is 259 g/mol. The summed E-state index contributed by atoms with van der Waals surface area (Å²) < 4.78 is 2.32. The molecule has 0 aromatic carbocycles. The van der Waals surface area contributed by atoms with Crippen molar-refractivity contribution in [1.82, 2.24) is 9.78 Å². The topological polar surface area (TPSA) is 55.1 Å². The molecule has 1 rings (SSSR count). The van der Waals surface area contributed by atoms with Gasteiger partial charge in [-0.15, -0.1) is 0 Å². The Morgan fingerprint density at radius 1 is 1.91 bits per heavy atom. The number of nitrogens with zero attached hydrogens (tertiary/aromatic N) is 2. The van der Waals surface area contributed by atoms with E-state index in [1.54, 1.807) is 4.68 Å². The number of hydrogen-bond donors (Lipinski definition) is 1. The minimum absolute atomic E-state index is 0.271. The van der Waals surface area contributed by atoms with Crippen molar-refractivity contribution in [3.05, 3.63) is 15.5 Å². The molecule has 1 aromatic heterocycles. The van der Waals surface area contributed by atoms with Crippen LogP contribution in [-0.4, -0.2) is 20.9 Å². The van der Waals surface area contributed by atoms with Gasteiger partial charge in [0.25, 0.3) is 0 Å². The van der Waals surface area contributed by atoms with E-state index >= 15 is 0 Å². The van der Waals surface area contributed by atoms with Gasteiger partial charge in [-0.1, -0.05) is 0 Å². The zero-order valence-electron chi connectivity index (χ0n) is 5.91. The first-order valence-electron chi connectivity index (χ1n) is 3.11. The zero-order chi connectivity index (χ0) is 8.43. The van der Waals surface area contributed by atoms with E-state index in [-0.39, 0.29) is 5.56 Å². The fourth-order valence-corrected chi connectivity index (χ4v) is 1.57. The van der Waals surface area contributed by atoms with Gasteiger partial charge in [0.1, 0.15) is 9.26 Å². The summed E-state index contributed by atoms with van der Waals surface area (Å²) in [6, 6.07) is 0. The minimum atomic E-state index is -0.922. The van der Waals surface area contributed by atoms with Gasteiger partial charge >= 0.3 is 5.97 Å². The van der Waals surface area contributed by atoms with Crippen molar-refractivity contribution in [3.8, 4) is 0 Å². The smallest absolute Gasteiger partial charge is 0.340 e. The molecule has 0 fully saturated rings. The third-order valence-electron chi connectivity index (χ3n) is 1.31. The lowest BCUT2D eigenvalue weighted by molar-refractivity contribution is 0.0695. The van der Waals surface area contributed by atoms with Crippen LogP contribution < -0.4 is 0 Å². The van der Waals surface area contributed by atoms with E-state index in [9.17, 15) is 4.79 Å². The highest BCUT2D eigenvalue weighted by Crippen LogP contribution is 2.10. The molecule has 0 atom stereocenters. The van der Waals surface area contributed by atoms with Gasteiger partial charge in [-0.2, -0.15) is 5.10 Å². The van der Waals surface area contributed by atoms with E-state index in [2.05, 4.69) is 5.10 Å². The zero-order valence-corrected chi connectivity index (χ0v) is 8.07. The average molecular weight is 266 g/mol. The molecule has 1 aromatic rings. The number of hydrogen-bond acceptors (Lipinski definition) is 2. The molecule has 11 heavy (non-hydrogen) atoms. The van der Waals surface area contributed by atoms with E-state index in [1.165, 1.54) is 6.20 Å². The molecule has 0 saturated carbocycles. The fraction of sp³-hybridized carbons (Fsp3) is 0.333. The van der Waals surface area contributed by atoms with Crippen LogP contribution >= 0.6 is 22.6 Å². The Kier molecular flexibility index (Phi) is 2.48. The number of carboxylic acid groups (broad SMARTS) is 1. The van der Waals surface area contributed by atoms with Crippen LogP contribution in [0, 0.1) is 3.70 Å². The maximum Gasteiger partial charge on any atom is 0.340 e. The molecule has 1 heterocycles. The van der Waals surface area contributed by atoms with E-state index in [0.717, 1.165) is 0 Å². The molecule has 0 bridgehead atoms. The molecule has 0 unspecified atom stereocenters. The normalized spacial score (nSPS) is 10.0. The number of halogens is 1. The molecule has 0 aliphatic heterocycles. The number of carbonyl (C=O) groups is 1. The predicted octanol–water partition coefficient (Wildman–Crippen LogP) is 1.21. The summed E-state index contributed by atoms with van der Waals surface area (Å²) in [5.41, 5.74) is 0.271. The molecule has 0 saturated heterocycles. The van der Waals surface area contributed by atoms with Gasteiger partial charge in [0.15, 0.2) is 0 Å². The molecule has 1 N–H and O–H groups in total. The number of aryl methyl sites for hydroxylation is 1. The lowest BCUT2D eigenvalue weighted by Gasteiger charge is -1.95. The lowest BCUT2D eigenvalue weighted by Crippen LogP contribution is -2.02. The van der Waals surface area contributed by atoms with Crippen molar-refractivity contribution in [2.75, 3.05) is 0 Å². The monoisotopic (exact) mass is 266 g/mol. The van der Waals surface area contributed by atoms with Gasteiger partial charge < -0.3 is 5.11 Å². The van der Waals surface area contributed by atoms with E-state index in [1.807, 2.05) is 29.5 Å². The van der Waals surface area contributed by atoms with E-state index in [0.29, 0.717) is 10.2 Å². The lowest BCUT2D eigenvalue weighted by atomic mass is 10.4. The number of carboxylic acids is 1. The van der Waals surface area contributed by atoms with Gasteiger partial charge in [-0.05, 0) is 29.5 Å².